The molecule has 1 heterocycles. The third kappa shape index (κ3) is 9.35. The van der Waals surface area contributed by atoms with Crippen molar-refractivity contribution in [3.05, 3.63) is 24.3 Å². The highest BCUT2D eigenvalue weighted by molar-refractivity contribution is 5.93. The number of nitrogens with two attached hydrogens (primary N) is 1. The van der Waals surface area contributed by atoms with Gasteiger partial charge in [-0.05, 0) is 37.6 Å². The van der Waals surface area contributed by atoms with Crippen molar-refractivity contribution in [3.8, 4) is 0 Å². The van der Waals surface area contributed by atoms with Gasteiger partial charge in [-0.3, -0.25) is 14.5 Å². The summed E-state index contributed by atoms with van der Waals surface area (Å²) in [7, 11) is 0. The average Bonchev–Trinajstić information content (AvgIpc) is 2.55. The summed E-state index contributed by atoms with van der Waals surface area (Å²) in [4.78, 5) is 25.8. The lowest BCUT2D eigenvalue weighted by molar-refractivity contribution is -0.118. The summed E-state index contributed by atoms with van der Waals surface area (Å²) < 4.78 is 5.26. The molecule has 148 valence electrons. The van der Waals surface area contributed by atoms with E-state index in [1.807, 2.05) is 6.92 Å². The first-order valence-corrected chi connectivity index (χ1v) is 8.28. The topological polar surface area (TPSA) is 96.7 Å². The molecule has 1 aliphatic heterocycles. The van der Waals surface area contributed by atoms with Gasteiger partial charge in [-0.2, -0.15) is 0 Å². The van der Waals surface area contributed by atoms with E-state index < -0.39 is 0 Å². The zero-order chi connectivity index (χ0) is 17.4. The minimum Gasteiger partial charge on any atom is -0.379 e. The van der Waals surface area contributed by atoms with Gasteiger partial charge in [0.1, 0.15) is 0 Å². The summed E-state index contributed by atoms with van der Waals surface area (Å²) in [6, 6.07) is 7.11. The van der Waals surface area contributed by atoms with Gasteiger partial charge in [0.05, 0.1) is 19.8 Å². The third-order valence-electron chi connectivity index (χ3n) is 3.75. The molecule has 0 saturated carbocycles. The highest BCUT2D eigenvalue weighted by atomic mass is 35.5. The maximum Gasteiger partial charge on any atom is 0.238 e. The smallest absolute Gasteiger partial charge is 0.238 e. The van der Waals surface area contributed by atoms with Crippen LogP contribution >= 0.6 is 24.8 Å². The Morgan fingerprint density at radius 3 is 2.08 bits per heavy atom. The molecule has 26 heavy (non-hydrogen) atoms. The molecule has 7 nitrogen and oxygen atoms in total. The molecule has 0 spiro atoms. The van der Waals surface area contributed by atoms with Crippen LogP contribution in [-0.4, -0.2) is 55.6 Å². The van der Waals surface area contributed by atoms with E-state index in [0.717, 1.165) is 13.1 Å². The number of benzene rings is 1. The van der Waals surface area contributed by atoms with Gasteiger partial charge in [0.15, 0.2) is 0 Å². The highest BCUT2D eigenvalue weighted by Gasteiger charge is 2.14. The number of hydrogen-bond acceptors (Lipinski definition) is 5. The monoisotopic (exact) mass is 406 g/mol. The van der Waals surface area contributed by atoms with Crippen LogP contribution < -0.4 is 16.4 Å². The molecule has 1 aliphatic rings. The van der Waals surface area contributed by atoms with Crippen molar-refractivity contribution < 1.29 is 14.3 Å². The van der Waals surface area contributed by atoms with Crippen LogP contribution in [-0.2, 0) is 14.3 Å². The zero-order valence-corrected chi connectivity index (χ0v) is 16.5. The van der Waals surface area contributed by atoms with Crippen molar-refractivity contribution in [2.45, 2.75) is 25.8 Å². The molecule has 0 radical (unpaired) electrons. The number of ether oxygens (including phenoxy) is 1. The number of hydrogen-bond donors (Lipinski definition) is 3. The quantitative estimate of drug-likeness (QED) is 0.641. The lowest BCUT2D eigenvalue weighted by atomic mass is 10.2. The van der Waals surface area contributed by atoms with Crippen LogP contribution in [0, 0.1) is 0 Å². The van der Waals surface area contributed by atoms with Gasteiger partial charge < -0.3 is 21.1 Å². The molecule has 1 saturated heterocycles. The van der Waals surface area contributed by atoms with Crippen LogP contribution in [0.5, 0.6) is 0 Å². The molecule has 0 aromatic heterocycles. The van der Waals surface area contributed by atoms with E-state index in [-0.39, 0.29) is 42.7 Å². The first-order chi connectivity index (χ1) is 11.5. The van der Waals surface area contributed by atoms with E-state index in [9.17, 15) is 9.59 Å². The molecule has 1 unspecified atom stereocenters. The minimum absolute atomic E-state index is 0. The van der Waals surface area contributed by atoms with Gasteiger partial charge in [0.2, 0.25) is 11.8 Å². The molecule has 0 aliphatic carbocycles. The van der Waals surface area contributed by atoms with Crippen molar-refractivity contribution >= 4 is 48.0 Å². The Balaban J connectivity index is 0.00000312. The largest absolute Gasteiger partial charge is 0.379 e. The Labute approximate surface area is 166 Å². The predicted molar refractivity (Wildman–Crippen MR) is 108 cm³/mol. The number of carbonyl (C=O) groups excluding carboxylic acids is 2. The maximum atomic E-state index is 12.0. The summed E-state index contributed by atoms with van der Waals surface area (Å²) in [6.45, 7) is 5.13. The summed E-state index contributed by atoms with van der Waals surface area (Å²) in [5, 5.41) is 5.67. The predicted octanol–water partition coefficient (Wildman–Crippen LogP) is 1.87. The van der Waals surface area contributed by atoms with Crippen LogP contribution in [0.15, 0.2) is 24.3 Å². The van der Waals surface area contributed by atoms with E-state index in [4.69, 9.17) is 10.5 Å². The summed E-state index contributed by atoms with van der Waals surface area (Å²) in [6.07, 6.45) is 1.05. The molecule has 2 rings (SSSR count). The van der Waals surface area contributed by atoms with Gasteiger partial charge in [0.25, 0.3) is 0 Å². The van der Waals surface area contributed by atoms with Crippen molar-refractivity contribution in [3.63, 3.8) is 0 Å². The van der Waals surface area contributed by atoms with Gasteiger partial charge >= 0.3 is 0 Å². The minimum atomic E-state index is -0.0589. The number of morpholine rings is 1. The Hall–Kier alpha value is -1.38. The van der Waals surface area contributed by atoms with Crippen molar-refractivity contribution in [1.29, 1.82) is 0 Å². The Morgan fingerprint density at radius 1 is 1.08 bits per heavy atom. The van der Waals surface area contributed by atoms with Crippen LogP contribution in [0.25, 0.3) is 0 Å². The van der Waals surface area contributed by atoms with E-state index >= 15 is 0 Å². The highest BCUT2D eigenvalue weighted by Crippen LogP contribution is 2.14. The molecule has 9 heteroatoms. The fourth-order valence-corrected chi connectivity index (χ4v) is 2.38. The molecule has 0 bridgehead atoms. The number of rotatable bonds is 7. The first-order valence-electron chi connectivity index (χ1n) is 8.28. The van der Waals surface area contributed by atoms with Crippen LogP contribution in [0.2, 0.25) is 0 Å². The molecule has 1 atom stereocenters. The second-order valence-corrected chi connectivity index (χ2v) is 6.08. The average molecular weight is 407 g/mol. The van der Waals surface area contributed by atoms with Crippen LogP contribution in [0.1, 0.15) is 19.8 Å². The van der Waals surface area contributed by atoms with Crippen molar-refractivity contribution in [1.82, 2.24) is 4.90 Å². The number of carbonyl (C=O) groups is 2. The van der Waals surface area contributed by atoms with Gasteiger partial charge in [-0.25, -0.2) is 0 Å². The van der Waals surface area contributed by atoms with Crippen LogP contribution in [0.4, 0.5) is 11.4 Å². The number of halogens is 2. The van der Waals surface area contributed by atoms with Gasteiger partial charge in [-0.1, -0.05) is 0 Å². The van der Waals surface area contributed by atoms with E-state index in [1.54, 1.807) is 24.3 Å². The van der Waals surface area contributed by atoms with Gasteiger partial charge in [0, 0.05) is 36.9 Å². The molecular weight excluding hydrogens is 379 g/mol. The summed E-state index contributed by atoms with van der Waals surface area (Å²) in [5.74, 6) is -0.109. The normalized spacial score (nSPS) is 15.2. The lowest BCUT2D eigenvalue weighted by Crippen LogP contribution is -2.41. The molecule has 1 aromatic rings. The first kappa shape index (κ1) is 24.6. The van der Waals surface area contributed by atoms with Crippen molar-refractivity contribution in [2.75, 3.05) is 43.5 Å². The van der Waals surface area contributed by atoms with E-state index in [2.05, 4.69) is 15.5 Å². The van der Waals surface area contributed by atoms with Crippen LogP contribution in [0.3, 0.4) is 0 Å². The Morgan fingerprint density at radius 2 is 1.58 bits per heavy atom. The lowest BCUT2D eigenvalue weighted by Gasteiger charge is -2.25. The third-order valence-corrected chi connectivity index (χ3v) is 3.75. The van der Waals surface area contributed by atoms with E-state index in [1.165, 1.54) is 0 Å². The van der Waals surface area contributed by atoms with Crippen molar-refractivity contribution in [2.24, 2.45) is 5.73 Å². The Bertz CT molecular complexity index is 549. The SMILES string of the molecule is CC(N)CCC(=O)Nc1ccc(NC(=O)CN2CCOCC2)cc1.Cl.Cl. The summed E-state index contributed by atoms with van der Waals surface area (Å²) in [5.41, 5.74) is 7.05. The van der Waals surface area contributed by atoms with Gasteiger partial charge in [-0.15, -0.1) is 24.8 Å². The number of anilines is 2. The maximum absolute atomic E-state index is 12.0. The number of nitrogens with one attached hydrogen (secondary N) is 2. The second kappa shape index (κ2) is 12.9. The fraction of sp³-hybridized carbons (Fsp3) is 0.529. The number of nitrogens with zero attached hydrogens (tertiary/aromatic N) is 1. The second-order valence-electron chi connectivity index (χ2n) is 6.08. The standard InChI is InChI=1S/C17H26N4O3.2ClH/c1-13(18)2-7-16(22)19-14-3-5-15(6-4-14)20-17(23)12-21-8-10-24-11-9-21;;/h3-6,13H,2,7-12,18H2,1H3,(H,19,22)(H,20,23);2*1H. The molecule has 1 fully saturated rings. The Kier molecular flexibility index (Phi) is 12.2. The number of amides is 2. The molecule has 1 aromatic carbocycles. The molecular formula is C17H28Cl2N4O3. The fourth-order valence-electron chi connectivity index (χ4n) is 2.38. The molecule has 4 N–H and O–H groups in total. The van der Waals surface area contributed by atoms with E-state index in [0.29, 0.717) is 44.0 Å². The zero-order valence-electron chi connectivity index (χ0n) is 14.9. The molecule has 2 amide bonds. The summed E-state index contributed by atoms with van der Waals surface area (Å²) >= 11 is 0.